The van der Waals surface area contributed by atoms with Crippen molar-refractivity contribution in [2.45, 2.75) is 37.1 Å². The van der Waals surface area contributed by atoms with Crippen molar-refractivity contribution in [1.29, 1.82) is 0 Å². The Bertz CT molecular complexity index is 700. The second-order valence-electron chi connectivity index (χ2n) is 5.73. The lowest BCUT2D eigenvalue weighted by molar-refractivity contribution is -0.127. The Morgan fingerprint density at radius 1 is 1.21 bits per heavy atom. The molecule has 0 radical (unpaired) electrons. The van der Waals surface area contributed by atoms with E-state index in [9.17, 15) is 18.0 Å². The number of carbonyl (C=O) groups is 2. The Hall–Kier alpha value is -2.09. The van der Waals surface area contributed by atoms with Gasteiger partial charge in [0, 0.05) is 6.26 Å². The summed E-state index contributed by atoms with van der Waals surface area (Å²) in [6.45, 7) is 2.33. The highest BCUT2D eigenvalue weighted by atomic mass is 32.2. The van der Waals surface area contributed by atoms with Crippen LogP contribution in [0.15, 0.2) is 29.2 Å². The summed E-state index contributed by atoms with van der Waals surface area (Å²) < 4.78 is 28.2. The lowest BCUT2D eigenvalue weighted by Crippen LogP contribution is -2.35. The molecule has 1 unspecified atom stereocenters. The maximum absolute atomic E-state index is 12.1. The first-order valence-electron chi connectivity index (χ1n) is 7.87. The van der Waals surface area contributed by atoms with Gasteiger partial charge in [0.1, 0.15) is 18.4 Å². The third kappa shape index (κ3) is 4.47. The third-order valence-corrected chi connectivity index (χ3v) is 4.92. The quantitative estimate of drug-likeness (QED) is 0.716. The smallest absolute Gasteiger partial charge is 0.324 e. The summed E-state index contributed by atoms with van der Waals surface area (Å²) in [7, 11) is -3.24. The van der Waals surface area contributed by atoms with Gasteiger partial charge in [0.15, 0.2) is 9.84 Å². The van der Waals surface area contributed by atoms with Gasteiger partial charge in [-0.2, -0.15) is 0 Å². The van der Waals surface area contributed by atoms with Gasteiger partial charge in [-0.15, -0.1) is 0 Å². The van der Waals surface area contributed by atoms with E-state index in [1.807, 2.05) is 6.92 Å². The minimum absolute atomic E-state index is 0.151. The molecular formula is C16H22N2O5S. The van der Waals surface area contributed by atoms with E-state index < -0.39 is 21.9 Å². The van der Waals surface area contributed by atoms with Gasteiger partial charge in [0.05, 0.1) is 11.4 Å². The largest absolute Gasteiger partial charge is 0.492 e. The summed E-state index contributed by atoms with van der Waals surface area (Å²) in [4.78, 5) is 25.3. The first kappa shape index (κ1) is 18.3. The Morgan fingerprint density at radius 2 is 1.88 bits per heavy atom. The Kier molecular flexibility index (Phi) is 5.82. The van der Waals surface area contributed by atoms with Gasteiger partial charge in [-0.25, -0.2) is 13.2 Å². The number of rotatable bonds is 8. The molecular weight excluding hydrogens is 332 g/mol. The predicted octanol–water partition coefficient (Wildman–Crippen LogP) is 1.58. The van der Waals surface area contributed by atoms with Crippen LogP contribution in [-0.2, 0) is 14.6 Å². The number of hydrogen-bond acceptors (Lipinski definition) is 5. The number of urea groups is 1. The third-order valence-electron chi connectivity index (χ3n) is 3.79. The average Bonchev–Trinajstić information content (AvgIpc) is 2.80. The molecule has 0 aliphatic carbocycles. The Morgan fingerprint density at radius 3 is 2.46 bits per heavy atom. The second kappa shape index (κ2) is 7.65. The molecule has 3 amide bonds. The summed E-state index contributed by atoms with van der Waals surface area (Å²) in [6, 6.07) is 5.18. The maximum atomic E-state index is 12.1. The summed E-state index contributed by atoms with van der Waals surface area (Å²) in [6.07, 6.45) is 3.63. The summed E-state index contributed by atoms with van der Waals surface area (Å²) in [5.41, 5.74) is 0. The molecule has 1 heterocycles. The van der Waals surface area contributed by atoms with Crippen LogP contribution in [0.25, 0.3) is 0 Å². The van der Waals surface area contributed by atoms with E-state index in [1.165, 1.54) is 12.1 Å². The molecule has 1 aliphatic rings. The van der Waals surface area contributed by atoms with E-state index >= 15 is 0 Å². The number of imide groups is 1. The summed E-state index contributed by atoms with van der Waals surface area (Å²) in [5, 5.41) is 2.68. The first-order chi connectivity index (χ1) is 11.3. The van der Waals surface area contributed by atoms with Gasteiger partial charge in [0.2, 0.25) is 0 Å². The van der Waals surface area contributed by atoms with Crippen molar-refractivity contribution in [3.63, 3.8) is 0 Å². The van der Waals surface area contributed by atoms with Gasteiger partial charge in [0.25, 0.3) is 5.91 Å². The second-order valence-corrected chi connectivity index (χ2v) is 7.74. The topological polar surface area (TPSA) is 92.8 Å². The maximum Gasteiger partial charge on any atom is 0.324 e. The molecule has 0 aromatic heterocycles. The molecule has 0 spiro atoms. The highest BCUT2D eigenvalue weighted by Gasteiger charge is 2.36. The number of carbonyl (C=O) groups excluding carboxylic acids is 2. The van der Waals surface area contributed by atoms with Crippen molar-refractivity contribution in [2.24, 2.45) is 0 Å². The van der Waals surface area contributed by atoms with E-state index in [0.717, 1.165) is 24.0 Å². The fourth-order valence-electron chi connectivity index (χ4n) is 2.43. The molecule has 8 heteroatoms. The number of benzene rings is 1. The molecule has 1 aromatic rings. The van der Waals surface area contributed by atoms with Gasteiger partial charge in [-0.1, -0.05) is 19.8 Å². The van der Waals surface area contributed by atoms with Crippen molar-refractivity contribution in [3.8, 4) is 5.75 Å². The van der Waals surface area contributed by atoms with Crippen LogP contribution >= 0.6 is 0 Å². The van der Waals surface area contributed by atoms with Crippen LogP contribution in [-0.4, -0.2) is 50.7 Å². The van der Waals surface area contributed by atoms with Gasteiger partial charge in [-0.3, -0.25) is 9.69 Å². The molecule has 0 saturated carbocycles. The predicted molar refractivity (Wildman–Crippen MR) is 88.6 cm³/mol. The normalized spacial score (nSPS) is 17.9. The van der Waals surface area contributed by atoms with Crippen LogP contribution in [0.4, 0.5) is 4.79 Å². The zero-order valence-corrected chi connectivity index (χ0v) is 14.6. The van der Waals surface area contributed by atoms with Crippen molar-refractivity contribution >= 4 is 21.8 Å². The lowest BCUT2D eigenvalue weighted by Gasteiger charge is -2.14. The van der Waals surface area contributed by atoms with Crippen LogP contribution in [0.5, 0.6) is 5.75 Å². The van der Waals surface area contributed by atoms with E-state index in [4.69, 9.17) is 4.74 Å². The van der Waals surface area contributed by atoms with Crippen molar-refractivity contribution in [2.75, 3.05) is 19.4 Å². The van der Waals surface area contributed by atoms with Gasteiger partial charge < -0.3 is 10.1 Å². The molecule has 0 bridgehead atoms. The van der Waals surface area contributed by atoms with Crippen molar-refractivity contribution in [1.82, 2.24) is 10.2 Å². The number of sulfone groups is 1. The van der Waals surface area contributed by atoms with Crippen molar-refractivity contribution in [3.05, 3.63) is 24.3 Å². The van der Waals surface area contributed by atoms with Crippen LogP contribution < -0.4 is 10.1 Å². The number of ether oxygens (including phenoxy) is 1. The summed E-state index contributed by atoms with van der Waals surface area (Å²) in [5.74, 6) is 0.265. The van der Waals surface area contributed by atoms with E-state index in [1.54, 1.807) is 12.1 Å². The van der Waals surface area contributed by atoms with Crippen LogP contribution in [0.3, 0.4) is 0 Å². The first-order valence-corrected chi connectivity index (χ1v) is 9.77. The number of nitrogens with one attached hydrogen (secondary N) is 1. The molecule has 132 valence electrons. The highest BCUT2D eigenvalue weighted by Crippen LogP contribution is 2.16. The molecule has 24 heavy (non-hydrogen) atoms. The molecule has 7 nitrogen and oxygen atoms in total. The number of unbranched alkanes of at least 4 members (excludes halogenated alkanes) is 1. The molecule has 1 aromatic carbocycles. The molecule has 1 N–H and O–H groups in total. The van der Waals surface area contributed by atoms with Gasteiger partial charge >= 0.3 is 6.03 Å². The van der Waals surface area contributed by atoms with Gasteiger partial charge in [-0.05, 0) is 30.7 Å². The van der Waals surface area contributed by atoms with E-state index in [0.29, 0.717) is 12.2 Å². The van der Waals surface area contributed by atoms with Crippen LogP contribution in [0.2, 0.25) is 0 Å². The van der Waals surface area contributed by atoms with E-state index in [-0.39, 0.29) is 24.0 Å². The standard InChI is InChI=1S/C16H22N2O5S/c1-3-4-5-14-15(19)18(16(20)17-14)10-11-23-12-6-8-13(9-7-12)24(2,21)22/h6-9,14H,3-5,10-11H2,1-2H3,(H,17,20). The zero-order valence-electron chi connectivity index (χ0n) is 13.8. The molecule has 2 rings (SSSR count). The molecule has 1 aliphatic heterocycles. The monoisotopic (exact) mass is 354 g/mol. The highest BCUT2D eigenvalue weighted by molar-refractivity contribution is 7.90. The minimum Gasteiger partial charge on any atom is -0.492 e. The van der Waals surface area contributed by atoms with E-state index in [2.05, 4.69) is 5.32 Å². The van der Waals surface area contributed by atoms with Crippen LogP contribution in [0, 0.1) is 0 Å². The number of hydrogen-bond donors (Lipinski definition) is 1. The Balaban J connectivity index is 1.85. The van der Waals surface area contributed by atoms with Crippen LogP contribution in [0.1, 0.15) is 26.2 Å². The lowest BCUT2D eigenvalue weighted by atomic mass is 10.1. The minimum atomic E-state index is -3.24. The Labute approximate surface area is 141 Å². The molecule has 1 atom stereocenters. The molecule has 1 saturated heterocycles. The number of amides is 3. The zero-order chi connectivity index (χ0) is 17.7. The molecule has 1 fully saturated rings. The number of nitrogens with zero attached hydrogens (tertiary/aromatic N) is 1. The fourth-order valence-corrected chi connectivity index (χ4v) is 3.06. The van der Waals surface area contributed by atoms with Crippen molar-refractivity contribution < 1.29 is 22.7 Å². The SMILES string of the molecule is CCCCC1NC(=O)N(CCOc2ccc(S(C)(=O)=O)cc2)C1=O. The summed E-state index contributed by atoms with van der Waals surface area (Å²) >= 11 is 0. The fraction of sp³-hybridized carbons (Fsp3) is 0.500. The average molecular weight is 354 g/mol.